The van der Waals surface area contributed by atoms with Gasteiger partial charge in [-0.1, -0.05) is 24.3 Å². The van der Waals surface area contributed by atoms with Crippen LogP contribution >= 0.6 is 0 Å². The van der Waals surface area contributed by atoms with Crippen LogP contribution in [-0.4, -0.2) is 16.0 Å². The van der Waals surface area contributed by atoms with Crippen molar-refractivity contribution in [2.75, 3.05) is 5.73 Å². The van der Waals surface area contributed by atoms with Gasteiger partial charge >= 0.3 is 0 Å². The molecule has 0 fully saturated rings. The van der Waals surface area contributed by atoms with Gasteiger partial charge in [0.15, 0.2) is 5.69 Å². The summed E-state index contributed by atoms with van der Waals surface area (Å²) in [7, 11) is 0. The highest BCUT2D eigenvalue weighted by Gasteiger charge is 2.19. The third-order valence-electron chi connectivity index (χ3n) is 4.35. The molecule has 0 radical (unpaired) electrons. The summed E-state index contributed by atoms with van der Waals surface area (Å²) >= 11 is 0. The van der Waals surface area contributed by atoms with Gasteiger partial charge in [-0.25, -0.2) is 0 Å². The fourth-order valence-electron chi connectivity index (χ4n) is 2.72. The molecule has 116 valence electrons. The lowest BCUT2D eigenvalue weighted by Gasteiger charge is -2.11. The van der Waals surface area contributed by atoms with Crippen LogP contribution in [0.1, 0.15) is 38.3 Å². The summed E-state index contributed by atoms with van der Waals surface area (Å²) in [6.45, 7) is 7.92. The Hall–Kier alpha value is -2.75. The summed E-state index contributed by atoms with van der Waals surface area (Å²) in [5.41, 5.74) is 12.4. The van der Waals surface area contributed by atoms with Crippen LogP contribution in [0.4, 0.5) is 5.69 Å². The highest BCUT2D eigenvalue weighted by atomic mass is 16.1. The molecule has 1 heterocycles. The minimum Gasteiger partial charge on any atom is -0.396 e. The van der Waals surface area contributed by atoms with Crippen molar-refractivity contribution >= 4 is 22.4 Å². The average Bonchev–Trinajstić information content (AvgIpc) is 2.53. The molecule has 0 atom stereocenters. The maximum absolute atomic E-state index is 12.8. The molecule has 0 amide bonds. The van der Waals surface area contributed by atoms with Crippen LogP contribution in [-0.2, 0) is 0 Å². The largest absolute Gasteiger partial charge is 0.396 e. The number of carbonyl (C=O) groups excluding carboxylic acids is 1. The Bertz CT molecular complexity index is 945. The van der Waals surface area contributed by atoms with E-state index in [2.05, 4.69) is 10.2 Å². The highest BCUT2D eigenvalue weighted by molar-refractivity contribution is 6.14. The molecule has 0 saturated heterocycles. The number of ketones is 1. The van der Waals surface area contributed by atoms with E-state index in [1.807, 2.05) is 52.0 Å². The van der Waals surface area contributed by atoms with E-state index in [4.69, 9.17) is 5.73 Å². The van der Waals surface area contributed by atoms with Crippen LogP contribution in [0.2, 0.25) is 0 Å². The zero-order valence-corrected chi connectivity index (χ0v) is 13.8. The number of benzene rings is 2. The molecule has 3 rings (SSSR count). The van der Waals surface area contributed by atoms with Gasteiger partial charge < -0.3 is 5.73 Å². The zero-order chi connectivity index (χ0) is 16.7. The van der Waals surface area contributed by atoms with E-state index in [1.165, 1.54) is 0 Å². The highest BCUT2D eigenvalue weighted by Crippen LogP contribution is 2.28. The topological polar surface area (TPSA) is 68.9 Å². The van der Waals surface area contributed by atoms with E-state index >= 15 is 0 Å². The van der Waals surface area contributed by atoms with E-state index in [9.17, 15) is 4.79 Å². The number of aryl methyl sites for hydroxylation is 4. The minimum atomic E-state index is -0.194. The Morgan fingerprint density at radius 3 is 2.22 bits per heavy atom. The standard InChI is InChI=1S/C19H19N3O/c1-10-7-8-14(9-13(10)4)19(23)18-16(20)15-11(2)5-6-12(3)17(15)21-22-18/h5-9H,1-4H3,(H2,20,21). The van der Waals surface area contributed by atoms with E-state index in [0.717, 1.165) is 33.2 Å². The van der Waals surface area contributed by atoms with Gasteiger partial charge in [-0.2, -0.15) is 0 Å². The monoisotopic (exact) mass is 305 g/mol. The molecule has 1 aromatic heterocycles. The lowest BCUT2D eigenvalue weighted by Crippen LogP contribution is -2.11. The van der Waals surface area contributed by atoms with Crippen molar-refractivity contribution in [1.29, 1.82) is 0 Å². The first kappa shape index (κ1) is 15.2. The number of nitrogens with two attached hydrogens (primary N) is 1. The number of anilines is 1. The first-order chi connectivity index (χ1) is 10.9. The lowest BCUT2D eigenvalue weighted by atomic mass is 9.98. The van der Waals surface area contributed by atoms with E-state index in [-0.39, 0.29) is 11.5 Å². The number of rotatable bonds is 2. The first-order valence-electron chi connectivity index (χ1n) is 7.54. The molecular weight excluding hydrogens is 286 g/mol. The minimum absolute atomic E-state index is 0.194. The second-order valence-electron chi connectivity index (χ2n) is 6.01. The summed E-state index contributed by atoms with van der Waals surface area (Å²) < 4.78 is 0. The molecule has 4 nitrogen and oxygen atoms in total. The van der Waals surface area contributed by atoms with Gasteiger partial charge in [0.05, 0.1) is 11.2 Å². The van der Waals surface area contributed by atoms with Crippen molar-refractivity contribution in [3.63, 3.8) is 0 Å². The number of aromatic nitrogens is 2. The lowest BCUT2D eigenvalue weighted by molar-refractivity contribution is 0.103. The molecule has 0 aliphatic rings. The SMILES string of the molecule is Cc1ccc(C(=O)c2nnc3c(C)ccc(C)c3c2N)cc1C. The zero-order valence-electron chi connectivity index (χ0n) is 13.8. The Labute approximate surface area is 135 Å². The van der Waals surface area contributed by atoms with Crippen molar-refractivity contribution in [3.05, 3.63) is 63.8 Å². The molecule has 0 saturated carbocycles. The van der Waals surface area contributed by atoms with E-state index in [1.54, 1.807) is 6.07 Å². The van der Waals surface area contributed by atoms with Gasteiger partial charge in [-0.05, 0) is 56.0 Å². The van der Waals surface area contributed by atoms with Crippen molar-refractivity contribution < 1.29 is 4.79 Å². The summed E-state index contributed by atoms with van der Waals surface area (Å²) in [6, 6.07) is 9.57. The van der Waals surface area contributed by atoms with E-state index in [0.29, 0.717) is 11.3 Å². The van der Waals surface area contributed by atoms with Gasteiger partial charge in [0, 0.05) is 10.9 Å². The second kappa shape index (κ2) is 5.47. The van der Waals surface area contributed by atoms with Crippen LogP contribution in [0.25, 0.3) is 10.9 Å². The van der Waals surface area contributed by atoms with Gasteiger partial charge in [0.1, 0.15) is 0 Å². The van der Waals surface area contributed by atoms with Crippen molar-refractivity contribution in [2.45, 2.75) is 27.7 Å². The molecule has 0 aliphatic carbocycles. The molecule has 2 aromatic carbocycles. The Morgan fingerprint density at radius 2 is 1.52 bits per heavy atom. The number of hydrogen-bond acceptors (Lipinski definition) is 4. The maximum Gasteiger partial charge on any atom is 0.215 e. The number of carbonyl (C=O) groups is 1. The van der Waals surface area contributed by atoms with E-state index < -0.39 is 0 Å². The molecule has 0 bridgehead atoms. The van der Waals surface area contributed by atoms with Crippen LogP contribution in [0.5, 0.6) is 0 Å². The Kier molecular flexibility index (Phi) is 3.60. The van der Waals surface area contributed by atoms with Gasteiger partial charge in [0.2, 0.25) is 5.78 Å². The third kappa shape index (κ3) is 2.46. The Morgan fingerprint density at radius 1 is 0.870 bits per heavy atom. The predicted octanol–water partition coefficient (Wildman–Crippen LogP) is 3.68. The normalized spacial score (nSPS) is 11.0. The molecule has 3 aromatic rings. The number of nitrogen functional groups attached to an aromatic ring is 1. The predicted molar refractivity (Wildman–Crippen MR) is 92.8 cm³/mol. The van der Waals surface area contributed by atoms with Crippen molar-refractivity contribution in [2.24, 2.45) is 0 Å². The van der Waals surface area contributed by atoms with Crippen molar-refractivity contribution in [3.8, 4) is 0 Å². The summed E-state index contributed by atoms with van der Waals surface area (Å²) in [4.78, 5) is 12.8. The molecule has 2 N–H and O–H groups in total. The Balaban J connectivity index is 2.20. The smallest absolute Gasteiger partial charge is 0.215 e. The van der Waals surface area contributed by atoms with Gasteiger partial charge in [-0.15, -0.1) is 10.2 Å². The fourth-order valence-corrected chi connectivity index (χ4v) is 2.72. The molecule has 0 unspecified atom stereocenters. The van der Waals surface area contributed by atoms with Crippen LogP contribution in [0.15, 0.2) is 30.3 Å². The van der Waals surface area contributed by atoms with Gasteiger partial charge in [-0.3, -0.25) is 4.79 Å². The quantitative estimate of drug-likeness (QED) is 0.733. The van der Waals surface area contributed by atoms with Crippen LogP contribution in [0.3, 0.4) is 0 Å². The molecule has 23 heavy (non-hydrogen) atoms. The molecule has 0 spiro atoms. The fraction of sp³-hybridized carbons (Fsp3) is 0.211. The van der Waals surface area contributed by atoms with Crippen LogP contribution < -0.4 is 5.73 Å². The molecule has 4 heteroatoms. The average molecular weight is 305 g/mol. The van der Waals surface area contributed by atoms with Crippen molar-refractivity contribution in [1.82, 2.24) is 10.2 Å². The third-order valence-corrected chi connectivity index (χ3v) is 4.35. The number of fused-ring (bicyclic) bond motifs is 1. The summed E-state index contributed by atoms with van der Waals surface area (Å²) in [5, 5.41) is 9.16. The molecule has 0 aliphatic heterocycles. The first-order valence-corrected chi connectivity index (χ1v) is 7.54. The summed E-state index contributed by atoms with van der Waals surface area (Å²) in [6.07, 6.45) is 0. The maximum atomic E-state index is 12.8. The number of nitrogens with zero attached hydrogens (tertiary/aromatic N) is 2. The summed E-state index contributed by atoms with van der Waals surface area (Å²) in [5.74, 6) is -0.194. The van der Waals surface area contributed by atoms with Crippen LogP contribution in [0, 0.1) is 27.7 Å². The van der Waals surface area contributed by atoms with Gasteiger partial charge in [0.25, 0.3) is 0 Å². The second-order valence-corrected chi connectivity index (χ2v) is 6.01. The number of hydrogen-bond donors (Lipinski definition) is 1. The molecular formula is C19H19N3O.